The second-order valence-electron chi connectivity index (χ2n) is 3.26. The van der Waals surface area contributed by atoms with Crippen LogP contribution in [-0.2, 0) is 7.05 Å². The maximum Gasteiger partial charge on any atom is 0.224 e. The van der Waals surface area contributed by atoms with Crippen molar-refractivity contribution in [1.29, 1.82) is 0 Å². The fourth-order valence-corrected chi connectivity index (χ4v) is 1.67. The Morgan fingerprint density at radius 2 is 2.12 bits per heavy atom. The summed E-state index contributed by atoms with van der Waals surface area (Å²) in [5.74, 6) is 0.650. The summed E-state index contributed by atoms with van der Waals surface area (Å²) in [6, 6.07) is 4.60. The van der Waals surface area contributed by atoms with Gasteiger partial charge in [-0.2, -0.15) is 0 Å². The van der Waals surface area contributed by atoms with Gasteiger partial charge in [0, 0.05) is 19.7 Å². The fraction of sp³-hybridized carbons (Fsp3) is 0.200. The third-order valence-corrected chi connectivity index (χ3v) is 2.68. The summed E-state index contributed by atoms with van der Waals surface area (Å²) in [6.45, 7) is 0. The average molecular weight is 241 g/mol. The van der Waals surface area contributed by atoms with Crippen molar-refractivity contribution in [1.82, 2.24) is 14.8 Å². The molecule has 0 saturated heterocycles. The Hall–Kier alpha value is -1.62. The third-order valence-electron chi connectivity index (χ3n) is 2.29. The first-order valence-electron chi connectivity index (χ1n) is 4.66. The molecule has 4 nitrogen and oxygen atoms in total. The number of benzene rings is 1. The molecule has 1 heterocycles. The van der Waals surface area contributed by atoms with Gasteiger partial charge in [0.15, 0.2) is 5.82 Å². The van der Waals surface area contributed by atoms with Crippen LogP contribution in [0.15, 0.2) is 18.2 Å². The lowest BCUT2D eigenvalue weighted by Gasteiger charge is -2.05. The molecule has 0 aliphatic heterocycles. The molecule has 0 unspecified atom stereocenters. The lowest BCUT2D eigenvalue weighted by Crippen LogP contribution is -2.00. The number of halogens is 2. The molecule has 0 aliphatic carbocycles. The highest BCUT2D eigenvalue weighted by atomic mass is 35.5. The standard InChI is InChI=1S/C10H10ClFN4/c1-13-10-15-14-9(16(10)2)6-4-3-5-7(12)8(6)11/h3-5H,1-2H3,(H,13,15). The van der Waals surface area contributed by atoms with Gasteiger partial charge < -0.3 is 5.32 Å². The molecule has 0 saturated carbocycles. The fourth-order valence-electron chi connectivity index (χ4n) is 1.46. The Kier molecular flexibility index (Phi) is 2.78. The molecule has 2 aromatic rings. The van der Waals surface area contributed by atoms with Gasteiger partial charge in [0.2, 0.25) is 5.95 Å². The van der Waals surface area contributed by atoms with E-state index in [1.165, 1.54) is 6.07 Å². The van der Waals surface area contributed by atoms with Gasteiger partial charge >= 0.3 is 0 Å². The molecule has 0 bridgehead atoms. The van der Waals surface area contributed by atoms with E-state index < -0.39 is 5.82 Å². The van der Waals surface area contributed by atoms with Gasteiger partial charge in [-0.1, -0.05) is 17.7 Å². The Labute approximate surface area is 97.1 Å². The summed E-state index contributed by atoms with van der Waals surface area (Å²) in [7, 11) is 3.52. The molecule has 0 atom stereocenters. The van der Waals surface area contributed by atoms with Gasteiger partial charge in [0.05, 0.1) is 5.02 Å². The SMILES string of the molecule is CNc1nnc(-c2cccc(F)c2Cl)n1C. The predicted molar refractivity (Wildman–Crippen MR) is 61.0 cm³/mol. The first-order chi connectivity index (χ1) is 7.65. The van der Waals surface area contributed by atoms with Crippen LogP contribution in [0, 0.1) is 5.82 Å². The monoisotopic (exact) mass is 240 g/mol. The van der Waals surface area contributed by atoms with Crippen LogP contribution < -0.4 is 5.32 Å². The molecule has 0 aliphatic rings. The van der Waals surface area contributed by atoms with Gasteiger partial charge in [-0.3, -0.25) is 4.57 Å². The molecular formula is C10H10ClFN4. The molecule has 0 spiro atoms. The normalized spacial score (nSPS) is 10.5. The Balaban J connectivity index is 2.59. The minimum absolute atomic E-state index is 0.0562. The zero-order chi connectivity index (χ0) is 11.7. The Morgan fingerprint density at radius 3 is 2.75 bits per heavy atom. The quantitative estimate of drug-likeness (QED) is 0.876. The lowest BCUT2D eigenvalue weighted by atomic mass is 10.2. The van der Waals surface area contributed by atoms with Crippen molar-refractivity contribution in [3.8, 4) is 11.4 Å². The van der Waals surface area contributed by atoms with Crippen LogP contribution in [0.3, 0.4) is 0 Å². The summed E-state index contributed by atoms with van der Waals surface area (Å²) < 4.78 is 15.0. The van der Waals surface area contributed by atoms with Crippen LogP contribution in [0.25, 0.3) is 11.4 Å². The number of nitrogens with zero attached hydrogens (tertiary/aromatic N) is 3. The van der Waals surface area contributed by atoms with E-state index in [1.54, 1.807) is 30.8 Å². The van der Waals surface area contributed by atoms with Crippen LogP contribution >= 0.6 is 11.6 Å². The smallest absolute Gasteiger partial charge is 0.224 e. The number of nitrogens with one attached hydrogen (secondary N) is 1. The first-order valence-corrected chi connectivity index (χ1v) is 5.04. The van der Waals surface area contributed by atoms with Crippen molar-refractivity contribution in [3.05, 3.63) is 29.0 Å². The maximum absolute atomic E-state index is 13.3. The number of hydrogen-bond acceptors (Lipinski definition) is 3. The molecule has 1 aromatic heterocycles. The molecule has 6 heteroatoms. The molecule has 0 fully saturated rings. The summed E-state index contributed by atoms with van der Waals surface area (Å²) in [5.41, 5.74) is 0.526. The van der Waals surface area contributed by atoms with E-state index in [0.29, 0.717) is 17.3 Å². The predicted octanol–water partition coefficient (Wildman–Crippen LogP) is 2.32. The van der Waals surface area contributed by atoms with Gasteiger partial charge in [0.1, 0.15) is 5.82 Å². The van der Waals surface area contributed by atoms with Crippen molar-refractivity contribution in [2.75, 3.05) is 12.4 Å². The van der Waals surface area contributed by atoms with Crippen molar-refractivity contribution < 1.29 is 4.39 Å². The highest BCUT2D eigenvalue weighted by molar-refractivity contribution is 6.33. The van der Waals surface area contributed by atoms with E-state index in [2.05, 4.69) is 15.5 Å². The molecule has 2 rings (SSSR count). The van der Waals surface area contributed by atoms with Crippen LogP contribution in [0.4, 0.5) is 10.3 Å². The van der Waals surface area contributed by atoms with Gasteiger partial charge in [-0.05, 0) is 12.1 Å². The van der Waals surface area contributed by atoms with Crippen molar-refractivity contribution in [2.24, 2.45) is 7.05 Å². The first kappa shape index (κ1) is 10.9. The molecular weight excluding hydrogens is 231 g/mol. The van der Waals surface area contributed by atoms with E-state index >= 15 is 0 Å². The van der Waals surface area contributed by atoms with Gasteiger partial charge in [0.25, 0.3) is 0 Å². The summed E-state index contributed by atoms with van der Waals surface area (Å²) in [6.07, 6.45) is 0. The van der Waals surface area contributed by atoms with E-state index in [4.69, 9.17) is 11.6 Å². The molecule has 1 aromatic carbocycles. The number of aromatic nitrogens is 3. The minimum Gasteiger partial charge on any atom is -0.357 e. The summed E-state index contributed by atoms with van der Waals surface area (Å²) >= 11 is 5.88. The van der Waals surface area contributed by atoms with Crippen LogP contribution in [-0.4, -0.2) is 21.8 Å². The highest BCUT2D eigenvalue weighted by Crippen LogP contribution is 2.29. The minimum atomic E-state index is -0.465. The molecule has 16 heavy (non-hydrogen) atoms. The van der Waals surface area contributed by atoms with Crippen LogP contribution in [0.1, 0.15) is 0 Å². The zero-order valence-corrected chi connectivity index (χ0v) is 9.59. The Morgan fingerprint density at radius 1 is 1.38 bits per heavy atom. The van der Waals surface area contributed by atoms with Crippen LogP contribution in [0.2, 0.25) is 5.02 Å². The van der Waals surface area contributed by atoms with Crippen molar-refractivity contribution in [2.45, 2.75) is 0 Å². The second kappa shape index (κ2) is 4.09. The highest BCUT2D eigenvalue weighted by Gasteiger charge is 2.14. The summed E-state index contributed by atoms with van der Waals surface area (Å²) in [4.78, 5) is 0. The van der Waals surface area contributed by atoms with E-state index in [1.807, 2.05) is 0 Å². The van der Waals surface area contributed by atoms with E-state index in [0.717, 1.165) is 0 Å². The zero-order valence-electron chi connectivity index (χ0n) is 8.83. The third kappa shape index (κ3) is 1.63. The lowest BCUT2D eigenvalue weighted by molar-refractivity contribution is 0.628. The van der Waals surface area contributed by atoms with Gasteiger partial charge in [-0.15, -0.1) is 10.2 Å². The molecule has 1 N–H and O–H groups in total. The largest absolute Gasteiger partial charge is 0.357 e. The molecule has 84 valence electrons. The van der Waals surface area contributed by atoms with Crippen LogP contribution in [0.5, 0.6) is 0 Å². The maximum atomic E-state index is 13.3. The number of anilines is 1. The Bertz CT molecular complexity index is 524. The van der Waals surface area contributed by atoms with Crippen molar-refractivity contribution in [3.63, 3.8) is 0 Å². The number of rotatable bonds is 2. The second-order valence-corrected chi connectivity index (χ2v) is 3.64. The van der Waals surface area contributed by atoms with Crippen molar-refractivity contribution >= 4 is 17.5 Å². The van der Waals surface area contributed by atoms with E-state index in [-0.39, 0.29) is 5.02 Å². The van der Waals surface area contributed by atoms with Gasteiger partial charge in [-0.25, -0.2) is 4.39 Å². The molecule has 0 radical (unpaired) electrons. The van der Waals surface area contributed by atoms with E-state index in [9.17, 15) is 4.39 Å². The number of hydrogen-bond donors (Lipinski definition) is 1. The summed E-state index contributed by atoms with van der Waals surface area (Å²) in [5, 5.41) is 10.8. The average Bonchev–Trinajstić information content (AvgIpc) is 2.64. The molecule has 0 amide bonds. The topological polar surface area (TPSA) is 42.7 Å².